The highest BCUT2D eigenvalue weighted by Gasteiger charge is 2.40. The van der Waals surface area contributed by atoms with Gasteiger partial charge >= 0.3 is 55.3 Å². The average Bonchev–Trinajstić information content (AvgIpc) is 0.819. The minimum absolute atomic E-state index is 0.0719. The second-order valence-corrected chi connectivity index (χ2v) is 55.4. The number of carbonyl (C=O) groups is 4. The molecule has 0 unspecified atom stereocenters. The van der Waals surface area contributed by atoms with E-state index in [1.54, 1.807) is 49.9 Å². The third-order valence-electron chi connectivity index (χ3n) is 23.1. The van der Waals surface area contributed by atoms with Gasteiger partial charge in [0.25, 0.3) is 0 Å². The van der Waals surface area contributed by atoms with Crippen molar-refractivity contribution in [1.29, 1.82) is 0 Å². The first kappa shape index (κ1) is 127. The van der Waals surface area contributed by atoms with Crippen LogP contribution in [0.5, 0.6) is 0 Å². The molecule has 14 nitrogen and oxygen atoms in total. The Balaban J connectivity index is 0.000000264. The summed E-state index contributed by atoms with van der Waals surface area (Å²) in [7, 11) is -3.32. The van der Waals surface area contributed by atoms with Gasteiger partial charge in [0, 0.05) is 93.2 Å². The van der Waals surface area contributed by atoms with E-state index in [0.29, 0.717) is 141 Å². The SMILES string of the molecule is C#Cc1cc(C[C@@H]2CCCN(C(=O)CCl)C2)cc(C(F)(F)F)c1.C#Cc1cc(C[C@@H]2CCCNC2)cc(C(F)(F)F)c1.CC(C)(C)OC(=O)N1CCC[C@@H](Cc2cc(Br)cc(C(F)(F)F)c2)C1.CC(C)(C)OC(=O)N1CCC[C@@H](Cc2cc(C#C[Si](C)(C)C)cc(C(F)(F)F)c2)C1.CC(C)(C)OC(=O)N1CCC[C@@H](N)C1.C[Si](C)(C)C#Cc1cc(C[C@@H]2CCCNC2)cc(C(F)(F)F)c1.FC(F)(F)c1cc(Br)cc(I)c1. The average molecular weight is 2360 g/mol. The first-order valence-electron chi connectivity index (χ1n) is 48.5. The summed E-state index contributed by atoms with van der Waals surface area (Å²) in [6.07, 6.45) is -2.50. The Morgan fingerprint density at radius 1 is 0.384 bits per heavy atom. The van der Waals surface area contributed by atoms with E-state index in [-0.39, 0.29) is 59.4 Å². The molecule has 6 aromatic rings. The molecule has 12 rings (SSSR count). The van der Waals surface area contributed by atoms with E-state index in [1.165, 1.54) is 30.3 Å². The van der Waals surface area contributed by atoms with Crippen LogP contribution in [-0.2, 0) is 88.2 Å². The normalized spacial score (nSPS) is 18.7. The fourth-order valence-electron chi connectivity index (χ4n) is 16.7. The number of nitrogens with zero attached hydrogens (tertiary/aromatic N) is 4. The zero-order chi connectivity index (χ0) is 110. The number of benzene rings is 6. The quantitative estimate of drug-likeness (QED) is 0.0285. The van der Waals surface area contributed by atoms with Crippen molar-refractivity contribution in [3.63, 3.8) is 0 Å². The van der Waals surface area contributed by atoms with Crippen molar-refractivity contribution in [3.8, 4) is 47.6 Å². The molecule has 0 bridgehead atoms. The van der Waals surface area contributed by atoms with Crippen molar-refractivity contribution in [3.05, 3.63) is 205 Å². The number of nitrogens with one attached hydrogen (secondary N) is 2. The fourth-order valence-corrected chi connectivity index (χ4v) is 20.1. The van der Waals surface area contributed by atoms with E-state index in [2.05, 4.69) is 117 Å². The summed E-state index contributed by atoms with van der Waals surface area (Å²) in [5.41, 5.74) is 11.2. The van der Waals surface area contributed by atoms with Gasteiger partial charge in [-0.1, -0.05) is 94.8 Å². The third-order valence-corrected chi connectivity index (χ3v) is 26.6. The van der Waals surface area contributed by atoms with Crippen LogP contribution >= 0.6 is 66.1 Å². The van der Waals surface area contributed by atoms with Crippen molar-refractivity contribution in [1.82, 2.24) is 30.2 Å². The summed E-state index contributed by atoms with van der Waals surface area (Å²) in [4.78, 5) is 54.5. The van der Waals surface area contributed by atoms with Crippen molar-refractivity contribution >= 4 is 106 Å². The number of piperidine rings is 6. The predicted octanol–water partition coefficient (Wildman–Crippen LogP) is 28.6. The lowest BCUT2D eigenvalue weighted by Crippen LogP contribution is -2.47. The number of alkyl halides is 19. The van der Waals surface area contributed by atoms with E-state index in [1.807, 2.05) is 91.0 Å². The van der Waals surface area contributed by atoms with Gasteiger partial charge in [-0.25, -0.2) is 14.4 Å². The summed E-state index contributed by atoms with van der Waals surface area (Å²) >= 11 is 13.6. The number of hydrogen-bond acceptors (Lipinski definition) is 10. The van der Waals surface area contributed by atoms with Crippen LogP contribution < -0.4 is 16.4 Å². The zero-order valence-electron chi connectivity index (χ0n) is 85.3. The summed E-state index contributed by atoms with van der Waals surface area (Å²) in [6.45, 7) is 37.5. The number of likely N-dealkylation sites (tertiary alicyclic amines) is 4. The lowest BCUT2D eigenvalue weighted by molar-refractivity contribution is -0.138. The summed E-state index contributed by atoms with van der Waals surface area (Å²) in [6, 6.07) is 23.9. The topological polar surface area (TPSA) is 159 Å². The number of nitrogens with two attached hydrogens (primary N) is 1. The molecule has 6 saturated heterocycles. The van der Waals surface area contributed by atoms with Gasteiger partial charge in [0.15, 0.2) is 0 Å². The molecule has 0 aromatic heterocycles. The number of hydrogen-bond donors (Lipinski definition) is 3. The highest BCUT2D eigenvalue weighted by Crippen LogP contribution is 2.40. The second kappa shape index (κ2) is 55.8. The van der Waals surface area contributed by atoms with Crippen LogP contribution in [0, 0.1) is 80.8 Å². The van der Waals surface area contributed by atoms with Gasteiger partial charge < -0.3 is 50.2 Å². The molecule has 6 atom stereocenters. The lowest BCUT2D eigenvalue weighted by Gasteiger charge is -2.34. The lowest BCUT2D eigenvalue weighted by atomic mass is 9.90. The van der Waals surface area contributed by atoms with Gasteiger partial charge in [0.1, 0.15) is 38.8 Å². The molecule has 0 radical (unpaired) electrons. The van der Waals surface area contributed by atoms with Crippen LogP contribution in [0.4, 0.5) is 93.4 Å². The fraction of sp³-hybridized carbons (Fsp3) is 0.556. The van der Waals surface area contributed by atoms with E-state index in [0.717, 1.165) is 158 Å². The Morgan fingerprint density at radius 3 is 0.938 bits per heavy atom. The van der Waals surface area contributed by atoms with E-state index < -0.39 is 103 Å². The number of halogens is 22. The first-order valence-corrected chi connectivity index (χ1v) is 58.7. The molecule has 6 aliphatic rings. The predicted molar refractivity (Wildman–Crippen MR) is 559 cm³/mol. The van der Waals surface area contributed by atoms with Crippen LogP contribution in [0.25, 0.3) is 0 Å². The van der Waals surface area contributed by atoms with Crippen LogP contribution in [-0.4, -0.2) is 167 Å². The van der Waals surface area contributed by atoms with Gasteiger partial charge in [-0.15, -0.1) is 35.5 Å². The maximum atomic E-state index is 13.4. The molecular weight excluding hydrogens is 2230 g/mol. The van der Waals surface area contributed by atoms with Crippen LogP contribution in [0.3, 0.4) is 0 Å². The first-order chi connectivity index (χ1) is 67.3. The largest absolute Gasteiger partial charge is 0.444 e. The van der Waals surface area contributed by atoms with Gasteiger partial charge in [-0.2, -0.15) is 79.0 Å². The standard InChI is InChI=1S/C23H32F3NO2Si.C18H23BrF3NO2.C18H24F3NSi.C17H17ClF3NO.C15H16F3N.C10H20N2O2.C7H3BrF3I/c1-22(2,3)29-21(28)27-10-7-8-18(16-27)13-19-12-17(9-11-30(4,5)6)14-20(15-19)23(24,25)26;1-17(2,3)25-16(24)23-6-4-5-12(11-23)7-13-8-14(18(20,21)22)10-15(19)9-13;1-23(2,3)8-6-14-9-16(10-15-5-4-7-22-13-15)12-17(11-14)18(19,20)21;1-2-12-6-14(9-15(8-12)17(19,20)21)7-13-4-3-5-22(11-13)16(23)10-18;1-2-11-6-13(7-12-4-3-5-19-10-12)9-14(8-11)15(16,17)18;1-10(2,3)14-9(13)12-6-4-5-8(11)7-12;8-5-1-4(7(9,10)11)2-6(12)3-5/h12,14-15,18H,7-8,10,13,16H2,1-6H3;8-10,12H,4-7,11H2,1-3H3;9,11-12,15,22H,4-5,7,10,13H2,1-3H3;1,6,8-9,13H,3-5,7,10-11H2;1,6,8-9,12,19H,3-5,7,10H2;8H,4-7,11H2,1-3H3;1-3H/t18-;12-;15-;13-;12-;8-;/m000001./s1. The van der Waals surface area contributed by atoms with Gasteiger partial charge in [-0.05, 0) is 387 Å². The highest BCUT2D eigenvalue weighted by atomic mass is 127. The minimum Gasteiger partial charge on any atom is -0.444 e. The van der Waals surface area contributed by atoms with Crippen molar-refractivity contribution in [2.24, 2.45) is 35.3 Å². The molecule has 0 saturated carbocycles. The van der Waals surface area contributed by atoms with E-state index in [4.69, 9.17) is 44.4 Å². The van der Waals surface area contributed by atoms with Crippen LogP contribution in [0.15, 0.2) is 118 Å². The highest BCUT2D eigenvalue weighted by molar-refractivity contribution is 14.1. The zero-order valence-corrected chi connectivity index (χ0v) is 93.3. The molecule has 4 N–H and O–H groups in total. The van der Waals surface area contributed by atoms with Crippen LogP contribution in [0.2, 0.25) is 39.3 Å². The van der Waals surface area contributed by atoms with Crippen LogP contribution in [0.1, 0.15) is 223 Å². The van der Waals surface area contributed by atoms with Gasteiger partial charge in [0.2, 0.25) is 5.91 Å². The molecular formula is C108H135Br2ClF18IN7O7Si2. The summed E-state index contributed by atoms with van der Waals surface area (Å²) in [5.74, 6) is 11.4. The molecule has 4 amide bonds. The molecule has 0 spiro atoms. The van der Waals surface area contributed by atoms with Gasteiger partial charge in [0.05, 0.1) is 33.4 Å². The second-order valence-electron chi connectivity index (χ2n) is 42.6. The van der Waals surface area contributed by atoms with E-state index >= 15 is 0 Å². The summed E-state index contributed by atoms with van der Waals surface area (Å²) in [5, 5.41) is 6.58. The van der Waals surface area contributed by atoms with Crippen molar-refractivity contribution < 1.29 is 112 Å². The molecule has 6 aliphatic heterocycles. The Kier molecular flexibility index (Phi) is 48.3. The molecule has 6 fully saturated rings. The van der Waals surface area contributed by atoms with Crippen molar-refractivity contribution in [2.75, 3.05) is 84.4 Å². The number of carbonyl (C=O) groups excluding carboxylic acids is 4. The molecule has 806 valence electrons. The Bertz CT molecular complexity index is 5480. The number of rotatable bonds is 11. The maximum absolute atomic E-state index is 13.4. The number of ether oxygens (including phenoxy) is 3. The van der Waals surface area contributed by atoms with Crippen molar-refractivity contribution in [2.45, 2.75) is 271 Å². The van der Waals surface area contributed by atoms with E-state index in [9.17, 15) is 98.2 Å². The monoisotopic (exact) mass is 2360 g/mol. The Hall–Kier alpha value is -8.13. The molecule has 38 heteroatoms. The third kappa shape index (κ3) is 48.9. The summed E-state index contributed by atoms with van der Waals surface area (Å²) < 4.78 is 250. The maximum Gasteiger partial charge on any atom is 0.416 e. The van der Waals surface area contributed by atoms with Gasteiger partial charge in [-0.3, -0.25) is 4.79 Å². The number of amides is 4. The molecule has 6 heterocycles. The molecule has 6 aromatic carbocycles. The smallest absolute Gasteiger partial charge is 0.416 e. The number of terminal acetylenes is 2. The minimum atomic E-state index is -4.42. The Morgan fingerprint density at radius 2 is 0.651 bits per heavy atom. The molecule has 0 aliphatic carbocycles. The Labute approximate surface area is 885 Å². The molecule has 146 heavy (non-hydrogen) atoms.